The van der Waals surface area contributed by atoms with Crippen LogP contribution in [0.4, 0.5) is 17.1 Å². The minimum absolute atomic E-state index is 0.294. The number of nitriles is 1. The average Bonchev–Trinajstić information content (AvgIpc) is 3.25. The molecule has 0 bridgehead atoms. The van der Waals surface area contributed by atoms with Gasteiger partial charge in [0.15, 0.2) is 0 Å². The summed E-state index contributed by atoms with van der Waals surface area (Å²) < 4.78 is 0. The maximum atomic E-state index is 13.1. The summed E-state index contributed by atoms with van der Waals surface area (Å²) in [5.74, 6) is -0.599. The van der Waals surface area contributed by atoms with Crippen molar-refractivity contribution >= 4 is 50.6 Å². The molecular weight excluding hydrogens is 460 g/mol. The fraction of sp³-hybridized carbons (Fsp3) is 0.192. The lowest BCUT2D eigenvalue weighted by atomic mass is 9.85. The van der Waals surface area contributed by atoms with E-state index in [1.807, 2.05) is 19.1 Å². The second kappa shape index (κ2) is 9.52. The Morgan fingerprint density at radius 2 is 1.80 bits per heavy atom. The molecule has 0 unspecified atom stereocenters. The molecule has 0 spiro atoms. The van der Waals surface area contributed by atoms with E-state index in [1.165, 1.54) is 11.3 Å². The Labute approximate surface area is 207 Å². The van der Waals surface area contributed by atoms with Crippen LogP contribution in [0.1, 0.15) is 45.0 Å². The van der Waals surface area contributed by atoms with Gasteiger partial charge in [0.1, 0.15) is 15.2 Å². The lowest BCUT2D eigenvalue weighted by Crippen LogP contribution is -2.17. The third-order valence-electron chi connectivity index (χ3n) is 5.65. The van der Waals surface area contributed by atoms with Gasteiger partial charge < -0.3 is 16.0 Å². The maximum absolute atomic E-state index is 13.1. The summed E-state index contributed by atoms with van der Waals surface area (Å²) in [6, 6.07) is 14.6. The molecule has 4 aromatic rings. The highest BCUT2D eigenvalue weighted by atomic mass is 32.1. The van der Waals surface area contributed by atoms with Gasteiger partial charge in [-0.15, -0.1) is 11.3 Å². The number of benzene rings is 2. The Balaban J connectivity index is 1.56. The van der Waals surface area contributed by atoms with Gasteiger partial charge in [0.2, 0.25) is 0 Å². The summed E-state index contributed by atoms with van der Waals surface area (Å²) in [7, 11) is 1.74. The first-order chi connectivity index (χ1) is 16.7. The number of nitrogens with zero attached hydrogens (tertiary/aromatic N) is 3. The van der Waals surface area contributed by atoms with Gasteiger partial charge in [-0.3, -0.25) is 9.59 Å². The van der Waals surface area contributed by atoms with Gasteiger partial charge in [-0.05, 0) is 56.2 Å². The number of anilines is 3. The summed E-state index contributed by atoms with van der Waals surface area (Å²) in [6.45, 7) is 5.49. The number of nitrogens with one attached hydrogen (secondary N) is 3. The standard InChI is InChI=1S/C26H24N6O2S/c1-15-8-9-18(31-23(33)16-6-5-7-17(12-16)26(2,3)14-27)13-19(15)32-24(34)22-20(28-4)21-25(35-22)30-11-10-29-21/h5-13,28H,1-4H3,(H,31,33)(H,32,34). The molecule has 3 N–H and O–H groups in total. The van der Waals surface area contributed by atoms with Crippen molar-refractivity contribution in [2.75, 3.05) is 23.0 Å². The van der Waals surface area contributed by atoms with Crippen LogP contribution in [0.2, 0.25) is 0 Å². The number of thiophene rings is 1. The first-order valence-electron chi connectivity index (χ1n) is 10.9. The minimum Gasteiger partial charge on any atom is -0.385 e. The van der Waals surface area contributed by atoms with Gasteiger partial charge in [0.05, 0.1) is 17.2 Å². The predicted octanol–water partition coefficient (Wildman–Crippen LogP) is 5.35. The van der Waals surface area contributed by atoms with Crippen molar-refractivity contribution in [2.45, 2.75) is 26.2 Å². The first kappa shape index (κ1) is 23.9. The Bertz CT molecular complexity index is 1480. The molecule has 0 radical (unpaired) electrons. The van der Waals surface area contributed by atoms with E-state index >= 15 is 0 Å². The van der Waals surface area contributed by atoms with Crippen LogP contribution in [0, 0.1) is 18.3 Å². The van der Waals surface area contributed by atoms with Gasteiger partial charge >= 0.3 is 0 Å². The highest BCUT2D eigenvalue weighted by Gasteiger charge is 2.22. The van der Waals surface area contributed by atoms with Crippen LogP contribution in [-0.4, -0.2) is 28.8 Å². The molecule has 0 aliphatic heterocycles. The number of rotatable bonds is 6. The number of hydrogen-bond acceptors (Lipinski definition) is 7. The molecule has 2 heterocycles. The zero-order valence-corrected chi connectivity index (χ0v) is 20.6. The minimum atomic E-state index is -0.707. The molecule has 2 aromatic carbocycles. The smallest absolute Gasteiger partial charge is 0.268 e. The molecule has 35 heavy (non-hydrogen) atoms. The van der Waals surface area contributed by atoms with Crippen LogP contribution < -0.4 is 16.0 Å². The Kier molecular flexibility index (Phi) is 6.49. The molecule has 0 atom stereocenters. The van der Waals surface area contributed by atoms with Crippen molar-refractivity contribution in [1.29, 1.82) is 5.26 Å². The van der Waals surface area contributed by atoms with E-state index in [4.69, 9.17) is 0 Å². The predicted molar refractivity (Wildman–Crippen MR) is 139 cm³/mol. The second-order valence-corrected chi connectivity index (χ2v) is 9.52. The maximum Gasteiger partial charge on any atom is 0.268 e. The lowest BCUT2D eigenvalue weighted by molar-refractivity contribution is 0.102. The molecule has 2 amide bonds. The number of aromatic nitrogens is 2. The zero-order valence-electron chi connectivity index (χ0n) is 19.8. The highest BCUT2D eigenvalue weighted by molar-refractivity contribution is 7.21. The Morgan fingerprint density at radius 1 is 1.03 bits per heavy atom. The summed E-state index contributed by atoms with van der Waals surface area (Å²) >= 11 is 1.26. The monoisotopic (exact) mass is 484 g/mol. The molecule has 176 valence electrons. The van der Waals surface area contributed by atoms with Crippen LogP contribution in [0.3, 0.4) is 0 Å². The fourth-order valence-electron chi connectivity index (χ4n) is 3.55. The molecular formula is C26H24N6O2S. The lowest BCUT2D eigenvalue weighted by Gasteiger charge is -2.17. The Morgan fingerprint density at radius 3 is 2.54 bits per heavy atom. The summed E-state index contributed by atoms with van der Waals surface area (Å²) in [6.07, 6.45) is 3.18. The number of fused-ring (bicyclic) bond motifs is 1. The van der Waals surface area contributed by atoms with E-state index < -0.39 is 5.41 Å². The van der Waals surface area contributed by atoms with Crippen LogP contribution in [-0.2, 0) is 5.41 Å². The molecule has 0 saturated carbocycles. The van der Waals surface area contributed by atoms with E-state index in [-0.39, 0.29) is 11.8 Å². The van der Waals surface area contributed by atoms with Gasteiger partial charge in [-0.2, -0.15) is 5.26 Å². The third-order valence-corrected chi connectivity index (χ3v) is 6.74. The average molecular weight is 485 g/mol. The topological polar surface area (TPSA) is 120 Å². The van der Waals surface area contributed by atoms with Crippen molar-refractivity contribution in [1.82, 2.24) is 9.97 Å². The fourth-order valence-corrected chi connectivity index (χ4v) is 4.55. The molecule has 4 rings (SSSR count). The van der Waals surface area contributed by atoms with E-state index in [0.29, 0.717) is 37.8 Å². The van der Waals surface area contributed by atoms with Gasteiger partial charge in [-0.1, -0.05) is 18.2 Å². The van der Waals surface area contributed by atoms with E-state index in [0.717, 1.165) is 11.1 Å². The molecule has 0 aliphatic rings. The van der Waals surface area contributed by atoms with Crippen LogP contribution in [0.25, 0.3) is 10.3 Å². The molecule has 2 aromatic heterocycles. The normalized spacial score (nSPS) is 11.1. The Hall–Kier alpha value is -4.29. The van der Waals surface area contributed by atoms with Crippen molar-refractivity contribution in [3.8, 4) is 6.07 Å². The molecule has 9 heteroatoms. The van der Waals surface area contributed by atoms with Crippen LogP contribution in [0.5, 0.6) is 0 Å². The van der Waals surface area contributed by atoms with Gasteiger partial charge in [-0.25, -0.2) is 9.97 Å². The number of hydrogen-bond donors (Lipinski definition) is 3. The quantitative estimate of drug-likeness (QED) is 0.339. The summed E-state index contributed by atoms with van der Waals surface area (Å²) in [5, 5.41) is 18.3. The number of amides is 2. The van der Waals surface area contributed by atoms with Crippen LogP contribution >= 0.6 is 11.3 Å². The summed E-state index contributed by atoms with van der Waals surface area (Å²) in [5.41, 5.74) is 3.72. The molecule has 8 nitrogen and oxygen atoms in total. The molecule has 0 aliphatic carbocycles. The van der Waals surface area contributed by atoms with Crippen molar-refractivity contribution in [3.63, 3.8) is 0 Å². The van der Waals surface area contributed by atoms with Gasteiger partial charge in [0.25, 0.3) is 11.8 Å². The zero-order chi connectivity index (χ0) is 25.2. The van der Waals surface area contributed by atoms with Crippen LogP contribution in [0.15, 0.2) is 54.9 Å². The van der Waals surface area contributed by atoms with Crippen molar-refractivity contribution < 1.29 is 9.59 Å². The van der Waals surface area contributed by atoms with Crippen molar-refractivity contribution in [3.05, 3.63) is 76.4 Å². The molecule has 0 fully saturated rings. The number of aryl methyl sites for hydroxylation is 1. The van der Waals surface area contributed by atoms with E-state index in [2.05, 4.69) is 32.0 Å². The van der Waals surface area contributed by atoms with Gasteiger partial charge in [0, 0.05) is 36.4 Å². The second-order valence-electron chi connectivity index (χ2n) is 8.52. The summed E-state index contributed by atoms with van der Waals surface area (Å²) in [4.78, 5) is 35.8. The highest BCUT2D eigenvalue weighted by Crippen LogP contribution is 2.34. The third kappa shape index (κ3) is 4.83. The van der Waals surface area contributed by atoms with Crippen molar-refractivity contribution in [2.24, 2.45) is 0 Å². The largest absolute Gasteiger partial charge is 0.385 e. The van der Waals surface area contributed by atoms with E-state index in [1.54, 1.807) is 63.6 Å². The van der Waals surface area contributed by atoms with E-state index in [9.17, 15) is 14.9 Å². The first-order valence-corrected chi connectivity index (χ1v) is 11.7. The number of carbonyl (C=O) groups is 2. The number of carbonyl (C=O) groups excluding carboxylic acids is 2. The molecule has 0 saturated heterocycles. The SMILES string of the molecule is CNc1c(C(=O)Nc2cc(NC(=O)c3cccc(C(C)(C)C#N)c3)ccc2C)sc2nccnc12.